The third kappa shape index (κ3) is 3.84. The summed E-state index contributed by atoms with van der Waals surface area (Å²) < 4.78 is 4.59. The van der Waals surface area contributed by atoms with E-state index in [2.05, 4.69) is 21.2 Å². The zero-order valence-electron chi connectivity index (χ0n) is 15.2. The fraction of sp³-hybridized carbons (Fsp3) is 0.250. The minimum absolute atomic E-state index is 0.392. The maximum Gasteiger partial charge on any atom is 0.239 e. The number of anilines is 3. The Morgan fingerprint density at radius 3 is 2.26 bits per heavy atom. The molecule has 1 aliphatic rings. The first-order chi connectivity index (χ1) is 13.2. The summed E-state index contributed by atoms with van der Waals surface area (Å²) in [5, 5.41) is 9.50. The highest BCUT2D eigenvalue weighted by atomic mass is 32.1. The molecule has 2 heterocycles. The summed E-state index contributed by atoms with van der Waals surface area (Å²) in [5.41, 5.74) is 1.75. The number of nitrogens with one attached hydrogen (secondary N) is 1. The van der Waals surface area contributed by atoms with Gasteiger partial charge in [0.2, 0.25) is 11.1 Å². The predicted octanol–water partition coefficient (Wildman–Crippen LogP) is 3.45. The first-order valence-electron chi connectivity index (χ1n) is 8.99. The Morgan fingerprint density at radius 2 is 1.59 bits per heavy atom. The van der Waals surface area contributed by atoms with E-state index in [-0.39, 0.29) is 0 Å². The molecule has 1 saturated heterocycles. The zero-order valence-corrected chi connectivity index (χ0v) is 16.1. The highest BCUT2D eigenvalue weighted by Crippen LogP contribution is 2.31. The molecule has 0 saturated carbocycles. The van der Waals surface area contributed by atoms with E-state index >= 15 is 0 Å². The average Bonchev–Trinajstić information content (AvgIpc) is 3.20. The van der Waals surface area contributed by atoms with Gasteiger partial charge in [-0.3, -0.25) is 10.3 Å². The predicted molar refractivity (Wildman–Crippen MR) is 111 cm³/mol. The molecule has 1 aromatic heterocycles. The molecule has 3 aromatic rings. The van der Waals surface area contributed by atoms with Crippen LogP contribution in [-0.2, 0) is 0 Å². The monoisotopic (exact) mass is 378 g/mol. The maximum absolute atomic E-state index is 8.79. The Kier molecular flexibility index (Phi) is 5.13. The Labute approximate surface area is 163 Å². The van der Waals surface area contributed by atoms with Crippen molar-refractivity contribution >= 4 is 34.1 Å². The SMILES string of the molecule is CN1CCN(c2nsc(N(C(=N)c3ccccc3)c3ccccc3)n2)CC1. The number of hydrogen-bond donors (Lipinski definition) is 1. The van der Waals surface area contributed by atoms with E-state index in [0.717, 1.165) is 43.4 Å². The quantitative estimate of drug-likeness (QED) is 0.557. The van der Waals surface area contributed by atoms with Crippen molar-refractivity contribution in [3.63, 3.8) is 0 Å². The molecule has 0 radical (unpaired) electrons. The summed E-state index contributed by atoms with van der Waals surface area (Å²) >= 11 is 1.34. The van der Waals surface area contributed by atoms with Crippen molar-refractivity contribution in [2.24, 2.45) is 0 Å². The number of likely N-dealkylation sites (N-methyl/N-ethyl adjacent to an activating group) is 1. The molecular weight excluding hydrogens is 356 g/mol. The van der Waals surface area contributed by atoms with Gasteiger partial charge in [-0.05, 0) is 19.2 Å². The zero-order chi connectivity index (χ0) is 18.6. The molecule has 138 valence electrons. The van der Waals surface area contributed by atoms with Crippen molar-refractivity contribution < 1.29 is 0 Å². The summed E-state index contributed by atoms with van der Waals surface area (Å²) in [7, 11) is 2.13. The normalized spacial score (nSPS) is 14.9. The second-order valence-corrected chi connectivity index (χ2v) is 7.28. The summed E-state index contributed by atoms with van der Waals surface area (Å²) in [6.07, 6.45) is 0. The highest BCUT2D eigenvalue weighted by molar-refractivity contribution is 7.10. The molecule has 4 rings (SSSR count). The number of rotatable bonds is 4. The van der Waals surface area contributed by atoms with E-state index in [0.29, 0.717) is 11.0 Å². The number of amidine groups is 1. The number of aromatic nitrogens is 2. The molecule has 7 heteroatoms. The largest absolute Gasteiger partial charge is 0.337 e. The van der Waals surface area contributed by atoms with Gasteiger partial charge in [-0.1, -0.05) is 48.5 Å². The third-order valence-electron chi connectivity index (χ3n) is 4.67. The van der Waals surface area contributed by atoms with Gasteiger partial charge < -0.3 is 9.80 Å². The average molecular weight is 379 g/mol. The van der Waals surface area contributed by atoms with Crippen molar-refractivity contribution in [1.29, 1.82) is 5.41 Å². The van der Waals surface area contributed by atoms with Crippen LogP contribution < -0.4 is 9.80 Å². The van der Waals surface area contributed by atoms with Gasteiger partial charge >= 0.3 is 0 Å². The minimum Gasteiger partial charge on any atom is -0.337 e. The summed E-state index contributed by atoms with van der Waals surface area (Å²) in [6.45, 7) is 3.87. The van der Waals surface area contributed by atoms with E-state index in [1.165, 1.54) is 11.5 Å². The van der Waals surface area contributed by atoms with Crippen molar-refractivity contribution in [3.8, 4) is 0 Å². The first-order valence-corrected chi connectivity index (χ1v) is 9.76. The van der Waals surface area contributed by atoms with Gasteiger partial charge in [0, 0.05) is 49.0 Å². The second kappa shape index (κ2) is 7.85. The summed E-state index contributed by atoms with van der Waals surface area (Å²) in [4.78, 5) is 11.2. The molecule has 2 aromatic carbocycles. The maximum atomic E-state index is 8.79. The lowest BCUT2D eigenvalue weighted by molar-refractivity contribution is 0.311. The minimum atomic E-state index is 0.392. The van der Waals surface area contributed by atoms with Crippen molar-refractivity contribution in [2.75, 3.05) is 43.0 Å². The molecule has 6 nitrogen and oxygen atoms in total. The molecule has 27 heavy (non-hydrogen) atoms. The van der Waals surface area contributed by atoms with Crippen LogP contribution in [0.1, 0.15) is 5.56 Å². The Balaban J connectivity index is 1.66. The molecule has 0 unspecified atom stereocenters. The molecule has 1 N–H and O–H groups in total. The standard InChI is InChI=1S/C20H22N6S/c1-24-12-14-25(15-13-24)19-22-20(27-23-19)26(17-10-6-3-7-11-17)18(21)16-8-4-2-5-9-16/h2-11,21H,12-15H2,1H3. The second-order valence-electron chi connectivity index (χ2n) is 6.55. The van der Waals surface area contributed by atoms with Crippen molar-refractivity contribution in [2.45, 2.75) is 0 Å². The Bertz CT molecular complexity index is 887. The fourth-order valence-electron chi connectivity index (χ4n) is 3.07. The molecule has 0 spiro atoms. The first kappa shape index (κ1) is 17.6. The van der Waals surface area contributed by atoms with E-state index < -0.39 is 0 Å². The number of nitrogens with zero attached hydrogens (tertiary/aromatic N) is 5. The van der Waals surface area contributed by atoms with Crippen molar-refractivity contribution in [1.82, 2.24) is 14.3 Å². The van der Waals surface area contributed by atoms with Crippen LogP contribution in [0.15, 0.2) is 60.7 Å². The fourth-order valence-corrected chi connectivity index (χ4v) is 3.79. The molecule has 0 amide bonds. The third-order valence-corrected chi connectivity index (χ3v) is 5.36. The smallest absolute Gasteiger partial charge is 0.239 e. The molecule has 0 aliphatic carbocycles. The van der Waals surface area contributed by atoms with Gasteiger partial charge in [0.25, 0.3) is 0 Å². The number of para-hydroxylation sites is 1. The van der Waals surface area contributed by atoms with Crippen LogP contribution in [0.25, 0.3) is 0 Å². The number of piperazine rings is 1. The number of benzene rings is 2. The van der Waals surface area contributed by atoms with E-state index in [1.807, 2.05) is 65.6 Å². The van der Waals surface area contributed by atoms with Crippen LogP contribution in [0.3, 0.4) is 0 Å². The van der Waals surface area contributed by atoms with E-state index in [9.17, 15) is 0 Å². The van der Waals surface area contributed by atoms with Gasteiger partial charge in [-0.2, -0.15) is 9.36 Å². The lowest BCUT2D eigenvalue weighted by Gasteiger charge is -2.31. The lowest BCUT2D eigenvalue weighted by Crippen LogP contribution is -2.44. The van der Waals surface area contributed by atoms with Crippen LogP contribution in [-0.4, -0.2) is 53.3 Å². The molecular formula is C20H22N6S. The van der Waals surface area contributed by atoms with Crippen molar-refractivity contribution in [3.05, 3.63) is 66.2 Å². The highest BCUT2D eigenvalue weighted by Gasteiger charge is 2.23. The topological polar surface area (TPSA) is 59.4 Å². The van der Waals surface area contributed by atoms with Gasteiger partial charge in [0.15, 0.2) is 0 Å². The van der Waals surface area contributed by atoms with Crippen LogP contribution in [0.4, 0.5) is 16.8 Å². The molecule has 1 fully saturated rings. The van der Waals surface area contributed by atoms with Gasteiger partial charge in [-0.25, -0.2) is 0 Å². The van der Waals surface area contributed by atoms with Crippen LogP contribution in [0.2, 0.25) is 0 Å². The van der Waals surface area contributed by atoms with Crippen LogP contribution in [0.5, 0.6) is 0 Å². The number of hydrogen-bond acceptors (Lipinski definition) is 6. The van der Waals surface area contributed by atoms with E-state index in [4.69, 9.17) is 10.4 Å². The molecule has 0 bridgehead atoms. The Hall–Kier alpha value is -2.77. The molecule has 0 atom stereocenters. The summed E-state index contributed by atoms with van der Waals surface area (Å²) in [5.74, 6) is 1.15. The van der Waals surface area contributed by atoms with Gasteiger partial charge in [0.1, 0.15) is 5.84 Å². The van der Waals surface area contributed by atoms with Gasteiger partial charge in [-0.15, -0.1) is 0 Å². The van der Waals surface area contributed by atoms with E-state index in [1.54, 1.807) is 0 Å². The molecule has 1 aliphatic heterocycles. The lowest BCUT2D eigenvalue weighted by atomic mass is 10.2. The van der Waals surface area contributed by atoms with Crippen LogP contribution >= 0.6 is 11.5 Å². The summed E-state index contributed by atoms with van der Waals surface area (Å²) in [6, 6.07) is 19.7. The van der Waals surface area contributed by atoms with Crippen LogP contribution in [0, 0.1) is 5.41 Å². The van der Waals surface area contributed by atoms with Gasteiger partial charge in [0.05, 0.1) is 0 Å². The Morgan fingerprint density at radius 1 is 0.963 bits per heavy atom.